The van der Waals surface area contributed by atoms with Gasteiger partial charge < -0.3 is 5.32 Å². The molecule has 0 unspecified atom stereocenters. The number of anilines is 1. The topological polar surface area (TPSA) is 54.9 Å². The molecule has 1 fully saturated rings. The first-order valence-corrected chi connectivity index (χ1v) is 10.6. The van der Waals surface area contributed by atoms with Gasteiger partial charge in [-0.3, -0.25) is 4.79 Å². The second-order valence-corrected chi connectivity index (χ2v) is 8.12. The molecule has 2 aliphatic carbocycles. The van der Waals surface area contributed by atoms with Crippen molar-refractivity contribution in [3.8, 4) is 11.3 Å². The summed E-state index contributed by atoms with van der Waals surface area (Å²) in [6.07, 6.45) is 9.79. The maximum absolute atomic E-state index is 13.6. The highest BCUT2D eigenvalue weighted by Gasteiger charge is 2.23. The normalized spacial score (nSPS) is 16.4. The van der Waals surface area contributed by atoms with Crippen LogP contribution >= 0.6 is 0 Å². The Kier molecular flexibility index (Phi) is 5.69. The molecule has 4 rings (SSSR count). The van der Waals surface area contributed by atoms with Crippen LogP contribution in [0.3, 0.4) is 0 Å². The average molecular weight is 381 g/mol. The van der Waals surface area contributed by atoms with Crippen LogP contribution in [0, 0.1) is 11.7 Å². The van der Waals surface area contributed by atoms with E-state index in [1.807, 2.05) is 0 Å². The minimum absolute atomic E-state index is 0.0526. The van der Waals surface area contributed by atoms with E-state index in [9.17, 15) is 9.18 Å². The largest absolute Gasteiger partial charge is 0.309 e. The maximum Gasteiger partial charge on any atom is 0.225 e. The predicted octanol–water partition coefficient (Wildman–Crippen LogP) is 5.24. The number of nitrogens with one attached hydrogen (secondary N) is 1. The molecule has 2 aromatic rings. The predicted molar refractivity (Wildman–Crippen MR) is 109 cm³/mol. The van der Waals surface area contributed by atoms with Gasteiger partial charge in [0, 0.05) is 12.0 Å². The molecule has 28 heavy (non-hydrogen) atoms. The van der Waals surface area contributed by atoms with Crippen molar-refractivity contribution in [2.45, 2.75) is 71.1 Å². The molecule has 1 aromatic heterocycles. The van der Waals surface area contributed by atoms with Crippen molar-refractivity contribution in [3.05, 3.63) is 41.0 Å². The number of amides is 1. The smallest absolute Gasteiger partial charge is 0.225 e. The van der Waals surface area contributed by atoms with Crippen LogP contribution in [-0.4, -0.2) is 15.9 Å². The number of halogens is 1. The van der Waals surface area contributed by atoms with E-state index in [4.69, 9.17) is 9.97 Å². The molecular formula is C23H28FN3O. The molecule has 2 aliphatic rings. The fraction of sp³-hybridized carbons (Fsp3) is 0.522. The Balaban J connectivity index is 1.59. The second-order valence-electron chi connectivity index (χ2n) is 8.12. The highest BCUT2D eigenvalue weighted by Crippen LogP contribution is 2.33. The number of aryl methyl sites for hydroxylation is 3. The van der Waals surface area contributed by atoms with Crippen molar-refractivity contribution in [1.82, 2.24) is 9.97 Å². The molecule has 0 saturated heterocycles. The molecule has 0 radical (unpaired) electrons. The lowest BCUT2D eigenvalue weighted by molar-refractivity contribution is -0.117. The summed E-state index contributed by atoms with van der Waals surface area (Å²) in [5, 5.41) is 3.05. The first kappa shape index (κ1) is 19.0. The Hall–Kier alpha value is -2.30. The summed E-state index contributed by atoms with van der Waals surface area (Å²) in [6, 6.07) is 4.88. The van der Waals surface area contributed by atoms with Crippen LogP contribution in [0.1, 0.15) is 68.8 Å². The number of nitrogens with zero attached hydrogens (tertiary/aromatic N) is 2. The third kappa shape index (κ3) is 4.08. The minimum atomic E-state index is -0.212. The molecule has 4 nitrogen and oxygen atoms in total. The van der Waals surface area contributed by atoms with E-state index in [1.165, 1.54) is 25.3 Å². The van der Waals surface area contributed by atoms with Gasteiger partial charge in [-0.05, 0) is 61.8 Å². The molecule has 1 aromatic carbocycles. The SMILES string of the molecule is CCCc1nc2c(nc1NC(=O)CC1CCCCC1)CCc1cc(F)ccc1-2. The van der Waals surface area contributed by atoms with Crippen LogP contribution in [0.4, 0.5) is 10.2 Å². The van der Waals surface area contributed by atoms with Crippen molar-refractivity contribution >= 4 is 11.7 Å². The standard InChI is InChI=1S/C23H28FN3O/c1-2-6-20-23(27-21(28)13-15-7-4-3-5-8-15)26-19-12-9-16-14-17(24)10-11-18(16)22(19)25-20/h10-11,14-15H,2-9,12-13H2,1H3,(H,26,27,28). The van der Waals surface area contributed by atoms with Crippen LogP contribution in [0.25, 0.3) is 11.3 Å². The fourth-order valence-electron chi connectivity index (χ4n) is 4.50. The van der Waals surface area contributed by atoms with E-state index in [2.05, 4.69) is 12.2 Å². The average Bonchev–Trinajstić information content (AvgIpc) is 2.69. The third-order valence-electron chi connectivity index (χ3n) is 5.94. The number of benzene rings is 1. The molecular weight excluding hydrogens is 353 g/mol. The minimum Gasteiger partial charge on any atom is -0.309 e. The molecule has 0 atom stereocenters. The highest BCUT2D eigenvalue weighted by molar-refractivity contribution is 5.90. The van der Waals surface area contributed by atoms with Crippen LogP contribution in [0.15, 0.2) is 18.2 Å². The Labute approximate surface area is 166 Å². The van der Waals surface area contributed by atoms with E-state index in [1.54, 1.807) is 12.1 Å². The molecule has 5 heteroatoms. The lowest BCUT2D eigenvalue weighted by Gasteiger charge is -2.22. The zero-order valence-electron chi connectivity index (χ0n) is 16.6. The monoisotopic (exact) mass is 381 g/mol. The summed E-state index contributed by atoms with van der Waals surface area (Å²) in [5.74, 6) is 0.954. The van der Waals surface area contributed by atoms with E-state index in [0.29, 0.717) is 18.2 Å². The summed E-state index contributed by atoms with van der Waals surface area (Å²) in [5.41, 5.74) is 4.52. The molecule has 148 valence electrons. The van der Waals surface area contributed by atoms with Gasteiger partial charge >= 0.3 is 0 Å². The number of fused-ring (bicyclic) bond motifs is 3. The Bertz CT molecular complexity index is 874. The zero-order valence-corrected chi connectivity index (χ0v) is 16.6. The summed E-state index contributed by atoms with van der Waals surface area (Å²) >= 11 is 0. The number of carbonyl (C=O) groups excluding carboxylic acids is 1. The van der Waals surface area contributed by atoms with Crippen LogP contribution < -0.4 is 5.32 Å². The summed E-state index contributed by atoms with van der Waals surface area (Å²) in [4.78, 5) is 22.3. The van der Waals surface area contributed by atoms with Crippen molar-refractivity contribution in [3.63, 3.8) is 0 Å². The van der Waals surface area contributed by atoms with Gasteiger partial charge in [0.1, 0.15) is 5.82 Å². The second kappa shape index (κ2) is 8.38. The molecule has 0 bridgehead atoms. The highest BCUT2D eigenvalue weighted by atomic mass is 19.1. The van der Waals surface area contributed by atoms with Gasteiger partial charge in [-0.1, -0.05) is 32.6 Å². The van der Waals surface area contributed by atoms with Crippen molar-refractivity contribution in [2.24, 2.45) is 5.92 Å². The van der Waals surface area contributed by atoms with Gasteiger partial charge in [-0.2, -0.15) is 0 Å². The first-order chi connectivity index (χ1) is 13.6. The van der Waals surface area contributed by atoms with Gasteiger partial charge in [0.05, 0.1) is 17.1 Å². The number of rotatable bonds is 5. The molecule has 1 heterocycles. The van der Waals surface area contributed by atoms with Crippen molar-refractivity contribution < 1.29 is 9.18 Å². The third-order valence-corrected chi connectivity index (χ3v) is 5.94. The lowest BCUT2D eigenvalue weighted by atomic mass is 9.87. The van der Waals surface area contributed by atoms with Gasteiger partial charge in [0.15, 0.2) is 5.82 Å². The Morgan fingerprint density at radius 2 is 2.00 bits per heavy atom. The number of carbonyl (C=O) groups is 1. The van der Waals surface area contributed by atoms with Crippen molar-refractivity contribution in [1.29, 1.82) is 0 Å². The lowest BCUT2D eigenvalue weighted by Crippen LogP contribution is -2.21. The van der Waals surface area contributed by atoms with Crippen molar-refractivity contribution in [2.75, 3.05) is 5.32 Å². The Morgan fingerprint density at radius 3 is 2.79 bits per heavy atom. The molecule has 1 amide bonds. The molecule has 1 saturated carbocycles. The Morgan fingerprint density at radius 1 is 1.18 bits per heavy atom. The zero-order chi connectivity index (χ0) is 19.5. The van der Waals surface area contributed by atoms with Gasteiger partial charge in [0.2, 0.25) is 5.91 Å². The van der Waals surface area contributed by atoms with E-state index in [0.717, 1.165) is 66.7 Å². The van der Waals surface area contributed by atoms with Crippen LogP contribution in [-0.2, 0) is 24.1 Å². The number of hydrogen-bond donors (Lipinski definition) is 1. The van der Waals surface area contributed by atoms with Gasteiger partial charge in [-0.25, -0.2) is 14.4 Å². The number of hydrogen-bond acceptors (Lipinski definition) is 3. The molecule has 0 aliphatic heterocycles. The van der Waals surface area contributed by atoms with Crippen LogP contribution in [0.5, 0.6) is 0 Å². The van der Waals surface area contributed by atoms with Crippen LogP contribution in [0.2, 0.25) is 0 Å². The van der Waals surface area contributed by atoms with E-state index in [-0.39, 0.29) is 11.7 Å². The first-order valence-electron chi connectivity index (χ1n) is 10.6. The quantitative estimate of drug-likeness (QED) is 0.770. The van der Waals surface area contributed by atoms with E-state index < -0.39 is 0 Å². The molecule has 0 spiro atoms. The fourth-order valence-corrected chi connectivity index (χ4v) is 4.50. The number of aromatic nitrogens is 2. The summed E-state index contributed by atoms with van der Waals surface area (Å²) in [6.45, 7) is 2.10. The van der Waals surface area contributed by atoms with Gasteiger partial charge in [0.25, 0.3) is 0 Å². The summed E-state index contributed by atoms with van der Waals surface area (Å²) in [7, 11) is 0. The van der Waals surface area contributed by atoms with Gasteiger partial charge in [-0.15, -0.1) is 0 Å². The summed E-state index contributed by atoms with van der Waals surface area (Å²) < 4.78 is 13.6. The van der Waals surface area contributed by atoms with E-state index >= 15 is 0 Å². The maximum atomic E-state index is 13.6. The molecule has 1 N–H and O–H groups in total.